The van der Waals surface area contributed by atoms with E-state index in [-0.39, 0.29) is 0 Å². The molecule has 5 heteroatoms. The first-order chi connectivity index (χ1) is 7.18. The van der Waals surface area contributed by atoms with Crippen LogP contribution in [-0.2, 0) is 0 Å². The Morgan fingerprint density at radius 3 is 3.07 bits per heavy atom. The average molecular weight is 227 g/mol. The fourth-order valence-electron chi connectivity index (χ4n) is 2.00. The molecule has 0 radical (unpaired) electrons. The Labute approximate surface area is 94.5 Å². The van der Waals surface area contributed by atoms with Crippen LogP contribution in [0.4, 0.5) is 11.5 Å². The number of nitrogen functional groups attached to an aromatic ring is 1. The van der Waals surface area contributed by atoms with Crippen molar-refractivity contribution in [2.24, 2.45) is 5.92 Å². The van der Waals surface area contributed by atoms with Gasteiger partial charge in [-0.2, -0.15) is 0 Å². The molecule has 1 saturated heterocycles. The smallest absolute Gasteiger partial charge is 0.157 e. The topological polar surface area (TPSA) is 55.0 Å². The Hall–Kier alpha value is -1.03. The molecule has 1 unspecified atom stereocenters. The van der Waals surface area contributed by atoms with Gasteiger partial charge in [0.05, 0.1) is 0 Å². The summed E-state index contributed by atoms with van der Waals surface area (Å²) in [6, 6.07) is 0. The summed E-state index contributed by atoms with van der Waals surface area (Å²) in [4.78, 5) is 10.3. The molecule has 4 nitrogen and oxygen atoms in total. The predicted octanol–water partition coefficient (Wildman–Crippen LogP) is 1.95. The van der Waals surface area contributed by atoms with Crippen molar-refractivity contribution in [3.05, 3.63) is 11.5 Å². The van der Waals surface area contributed by atoms with E-state index < -0.39 is 0 Å². The Morgan fingerprint density at radius 2 is 2.33 bits per heavy atom. The summed E-state index contributed by atoms with van der Waals surface area (Å²) in [5.74, 6) is 1.47. The summed E-state index contributed by atoms with van der Waals surface area (Å²) in [7, 11) is 0. The van der Waals surface area contributed by atoms with Crippen molar-refractivity contribution in [3.63, 3.8) is 0 Å². The highest BCUT2D eigenvalue weighted by Gasteiger charge is 2.20. The lowest BCUT2D eigenvalue weighted by Crippen LogP contribution is -2.35. The molecular weight excluding hydrogens is 212 g/mol. The van der Waals surface area contributed by atoms with Crippen molar-refractivity contribution >= 4 is 23.1 Å². The molecule has 1 aromatic rings. The number of aromatic nitrogens is 2. The second kappa shape index (κ2) is 4.23. The zero-order valence-electron chi connectivity index (χ0n) is 8.78. The fourth-order valence-corrected chi connectivity index (χ4v) is 2.13. The van der Waals surface area contributed by atoms with Gasteiger partial charge in [-0.25, -0.2) is 9.97 Å². The van der Waals surface area contributed by atoms with Crippen molar-refractivity contribution in [1.82, 2.24) is 9.97 Å². The SMILES string of the molecule is CC1CCCN(c2ncnc(Cl)c2N)C1. The zero-order chi connectivity index (χ0) is 10.8. The molecular formula is C10H15ClN4. The number of nitrogens with zero attached hydrogens (tertiary/aromatic N) is 3. The number of nitrogens with two attached hydrogens (primary N) is 1. The van der Waals surface area contributed by atoms with Crippen molar-refractivity contribution in [3.8, 4) is 0 Å². The van der Waals surface area contributed by atoms with E-state index in [0.29, 0.717) is 16.8 Å². The minimum atomic E-state index is 0.346. The molecule has 1 fully saturated rings. The molecule has 1 atom stereocenters. The van der Waals surface area contributed by atoms with Gasteiger partial charge >= 0.3 is 0 Å². The highest BCUT2D eigenvalue weighted by Crippen LogP contribution is 2.29. The van der Waals surface area contributed by atoms with E-state index in [4.69, 9.17) is 17.3 Å². The third kappa shape index (κ3) is 2.15. The first-order valence-corrected chi connectivity index (χ1v) is 5.57. The molecule has 0 spiro atoms. The zero-order valence-corrected chi connectivity index (χ0v) is 9.54. The van der Waals surface area contributed by atoms with Crippen LogP contribution in [0.25, 0.3) is 0 Å². The van der Waals surface area contributed by atoms with Gasteiger partial charge in [-0.05, 0) is 18.8 Å². The molecule has 2 rings (SSSR count). The Balaban J connectivity index is 2.24. The van der Waals surface area contributed by atoms with Gasteiger partial charge in [0, 0.05) is 13.1 Å². The van der Waals surface area contributed by atoms with Crippen molar-refractivity contribution in [2.75, 3.05) is 23.7 Å². The van der Waals surface area contributed by atoms with E-state index in [1.165, 1.54) is 19.2 Å². The minimum Gasteiger partial charge on any atom is -0.393 e. The van der Waals surface area contributed by atoms with Gasteiger partial charge in [-0.1, -0.05) is 18.5 Å². The van der Waals surface area contributed by atoms with Crippen LogP contribution in [0.2, 0.25) is 5.15 Å². The number of piperidine rings is 1. The molecule has 0 saturated carbocycles. The first-order valence-electron chi connectivity index (χ1n) is 5.19. The lowest BCUT2D eigenvalue weighted by molar-refractivity contribution is 0.445. The molecule has 0 bridgehead atoms. The molecule has 2 N–H and O–H groups in total. The highest BCUT2D eigenvalue weighted by atomic mass is 35.5. The van der Waals surface area contributed by atoms with Crippen LogP contribution in [0.3, 0.4) is 0 Å². The van der Waals surface area contributed by atoms with Crippen LogP contribution in [0.1, 0.15) is 19.8 Å². The van der Waals surface area contributed by atoms with E-state index in [0.717, 1.165) is 18.9 Å². The quantitative estimate of drug-likeness (QED) is 0.744. The molecule has 0 aliphatic carbocycles. The average Bonchev–Trinajstić information content (AvgIpc) is 2.22. The summed E-state index contributed by atoms with van der Waals surface area (Å²) < 4.78 is 0. The van der Waals surface area contributed by atoms with E-state index in [9.17, 15) is 0 Å². The number of anilines is 2. The van der Waals surface area contributed by atoms with E-state index in [1.54, 1.807) is 0 Å². The molecule has 2 heterocycles. The Bertz CT molecular complexity index is 355. The Morgan fingerprint density at radius 1 is 1.53 bits per heavy atom. The maximum atomic E-state index is 5.87. The molecule has 1 aliphatic heterocycles. The van der Waals surface area contributed by atoms with Crippen LogP contribution < -0.4 is 10.6 Å². The summed E-state index contributed by atoms with van der Waals surface area (Å²) in [5, 5.41) is 0.346. The third-order valence-electron chi connectivity index (χ3n) is 2.77. The van der Waals surface area contributed by atoms with Gasteiger partial charge in [0.15, 0.2) is 11.0 Å². The van der Waals surface area contributed by atoms with E-state index >= 15 is 0 Å². The largest absolute Gasteiger partial charge is 0.393 e. The summed E-state index contributed by atoms with van der Waals surface area (Å²) in [5.41, 5.74) is 6.35. The van der Waals surface area contributed by atoms with Gasteiger partial charge in [-0.3, -0.25) is 0 Å². The number of rotatable bonds is 1. The maximum absolute atomic E-state index is 5.87. The number of halogens is 1. The number of hydrogen-bond donors (Lipinski definition) is 1. The molecule has 0 aromatic carbocycles. The van der Waals surface area contributed by atoms with Crippen molar-refractivity contribution in [2.45, 2.75) is 19.8 Å². The van der Waals surface area contributed by atoms with Gasteiger partial charge in [-0.15, -0.1) is 0 Å². The van der Waals surface area contributed by atoms with Gasteiger partial charge < -0.3 is 10.6 Å². The Kier molecular flexibility index (Phi) is 2.95. The van der Waals surface area contributed by atoms with Crippen LogP contribution in [0.15, 0.2) is 6.33 Å². The van der Waals surface area contributed by atoms with Crippen LogP contribution in [-0.4, -0.2) is 23.1 Å². The molecule has 82 valence electrons. The van der Waals surface area contributed by atoms with Crippen LogP contribution >= 0.6 is 11.6 Å². The monoisotopic (exact) mass is 226 g/mol. The minimum absolute atomic E-state index is 0.346. The van der Waals surface area contributed by atoms with Gasteiger partial charge in [0.2, 0.25) is 0 Å². The molecule has 1 aromatic heterocycles. The predicted molar refractivity (Wildman–Crippen MR) is 62.1 cm³/mol. The van der Waals surface area contributed by atoms with Crippen LogP contribution in [0, 0.1) is 5.92 Å². The second-order valence-corrected chi connectivity index (χ2v) is 4.45. The van der Waals surface area contributed by atoms with Crippen molar-refractivity contribution < 1.29 is 0 Å². The van der Waals surface area contributed by atoms with E-state index in [2.05, 4.69) is 21.8 Å². The summed E-state index contributed by atoms with van der Waals surface area (Å²) >= 11 is 5.87. The molecule has 0 amide bonds. The molecule has 1 aliphatic rings. The second-order valence-electron chi connectivity index (χ2n) is 4.10. The van der Waals surface area contributed by atoms with Gasteiger partial charge in [0.25, 0.3) is 0 Å². The highest BCUT2D eigenvalue weighted by molar-refractivity contribution is 6.32. The summed E-state index contributed by atoms with van der Waals surface area (Å²) in [6.07, 6.45) is 3.92. The lowest BCUT2D eigenvalue weighted by atomic mass is 10.0. The molecule has 15 heavy (non-hydrogen) atoms. The van der Waals surface area contributed by atoms with Gasteiger partial charge in [0.1, 0.15) is 12.0 Å². The summed E-state index contributed by atoms with van der Waals surface area (Å²) in [6.45, 7) is 4.24. The fraction of sp³-hybridized carbons (Fsp3) is 0.600. The maximum Gasteiger partial charge on any atom is 0.157 e. The normalized spacial score (nSPS) is 21.7. The van der Waals surface area contributed by atoms with E-state index in [1.807, 2.05) is 0 Å². The standard InChI is InChI=1S/C10H15ClN4/c1-7-3-2-4-15(5-7)10-8(12)9(11)13-6-14-10/h6-7H,2-5,12H2,1H3. The first kappa shape index (κ1) is 10.5. The third-order valence-corrected chi connectivity index (χ3v) is 3.07. The lowest BCUT2D eigenvalue weighted by Gasteiger charge is -2.32. The van der Waals surface area contributed by atoms with Crippen LogP contribution in [0.5, 0.6) is 0 Å². The van der Waals surface area contributed by atoms with Crippen molar-refractivity contribution in [1.29, 1.82) is 0 Å². The number of hydrogen-bond acceptors (Lipinski definition) is 4.